The molecule has 2 aromatic heterocycles. The van der Waals surface area contributed by atoms with Gasteiger partial charge in [-0.15, -0.1) is 11.3 Å². The van der Waals surface area contributed by atoms with Gasteiger partial charge in [0.05, 0.1) is 24.2 Å². The molecule has 0 atom stereocenters. The van der Waals surface area contributed by atoms with Gasteiger partial charge in [-0.25, -0.2) is 0 Å². The van der Waals surface area contributed by atoms with Crippen LogP contribution in [0.15, 0.2) is 40.3 Å². The third-order valence-corrected chi connectivity index (χ3v) is 3.48. The molecule has 0 bridgehead atoms. The van der Waals surface area contributed by atoms with E-state index in [1.807, 2.05) is 36.6 Å². The lowest BCUT2D eigenvalue weighted by Gasteiger charge is -2.17. The molecule has 0 aliphatic rings. The number of hydrogen-bond donors (Lipinski definition) is 0. The highest BCUT2D eigenvalue weighted by Gasteiger charge is 2.13. The van der Waals surface area contributed by atoms with Gasteiger partial charge in [-0.2, -0.15) is 0 Å². The van der Waals surface area contributed by atoms with Crippen molar-refractivity contribution in [3.8, 4) is 0 Å². The summed E-state index contributed by atoms with van der Waals surface area (Å²) in [6.07, 6.45) is 1.66. The van der Waals surface area contributed by atoms with Crippen LogP contribution in [-0.4, -0.2) is 23.8 Å². The smallest absolute Gasteiger partial charge is 0.186 e. The van der Waals surface area contributed by atoms with Crippen LogP contribution in [0.5, 0.6) is 0 Å². The zero-order chi connectivity index (χ0) is 12.1. The summed E-state index contributed by atoms with van der Waals surface area (Å²) < 4.78 is 5.29. The van der Waals surface area contributed by atoms with Gasteiger partial charge in [-0.3, -0.25) is 9.69 Å². The van der Waals surface area contributed by atoms with E-state index in [0.717, 1.165) is 17.2 Å². The lowest BCUT2D eigenvalue weighted by Crippen LogP contribution is -2.28. The second-order valence-electron chi connectivity index (χ2n) is 3.78. The van der Waals surface area contributed by atoms with Crippen LogP contribution >= 0.6 is 11.3 Å². The van der Waals surface area contributed by atoms with E-state index < -0.39 is 0 Å². The van der Waals surface area contributed by atoms with Crippen molar-refractivity contribution in [1.82, 2.24) is 4.90 Å². The monoisotopic (exact) mass is 249 g/mol. The van der Waals surface area contributed by atoms with Crippen molar-refractivity contribution in [2.45, 2.75) is 13.5 Å². The first-order valence-electron chi connectivity index (χ1n) is 5.61. The predicted octanol–water partition coefficient (Wildman–Crippen LogP) is 3.05. The average Bonchev–Trinajstić information content (AvgIpc) is 3.00. The van der Waals surface area contributed by atoms with E-state index in [4.69, 9.17) is 4.42 Å². The second kappa shape index (κ2) is 5.80. The van der Waals surface area contributed by atoms with Crippen molar-refractivity contribution in [2.24, 2.45) is 0 Å². The molecule has 3 nitrogen and oxygen atoms in total. The molecule has 0 saturated carbocycles. The summed E-state index contributed by atoms with van der Waals surface area (Å²) in [5.74, 6) is 1.07. The lowest BCUT2D eigenvalue weighted by molar-refractivity contribution is 0.0929. The zero-order valence-corrected chi connectivity index (χ0v) is 10.6. The van der Waals surface area contributed by atoms with Crippen molar-refractivity contribution >= 4 is 17.1 Å². The molecule has 0 aliphatic heterocycles. The fraction of sp³-hybridized carbons (Fsp3) is 0.308. The third kappa shape index (κ3) is 3.28. The number of rotatable bonds is 6. The highest BCUT2D eigenvalue weighted by atomic mass is 32.1. The standard InChI is InChI=1S/C13H15NO2S/c1-2-14(9-11-5-3-7-16-11)10-12(15)13-6-4-8-17-13/h3-8H,2,9-10H2,1H3. The van der Waals surface area contributed by atoms with Gasteiger partial charge in [0.2, 0.25) is 0 Å². The van der Waals surface area contributed by atoms with Crippen molar-refractivity contribution in [3.63, 3.8) is 0 Å². The molecule has 0 aliphatic carbocycles. The number of nitrogens with zero attached hydrogens (tertiary/aromatic N) is 1. The Morgan fingerprint density at radius 1 is 1.41 bits per heavy atom. The van der Waals surface area contributed by atoms with Gasteiger partial charge in [0.1, 0.15) is 5.76 Å². The summed E-state index contributed by atoms with van der Waals surface area (Å²) in [6.45, 7) is 4.00. The van der Waals surface area contributed by atoms with Crippen LogP contribution in [0.25, 0.3) is 0 Å². The summed E-state index contributed by atoms with van der Waals surface area (Å²) in [5.41, 5.74) is 0. The Morgan fingerprint density at radius 2 is 2.29 bits per heavy atom. The third-order valence-electron chi connectivity index (χ3n) is 2.57. The Balaban J connectivity index is 1.93. The number of hydrogen-bond acceptors (Lipinski definition) is 4. The predicted molar refractivity (Wildman–Crippen MR) is 68.3 cm³/mol. The molecule has 0 fully saturated rings. The van der Waals surface area contributed by atoms with Gasteiger partial charge in [0.15, 0.2) is 5.78 Å². The van der Waals surface area contributed by atoms with E-state index in [2.05, 4.69) is 4.90 Å². The molecule has 2 aromatic rings. The number of likely N-dealkylation sites (N-methyl/N-ethyl adjacent to an activating group) is 1. The summed E-state index contributed by atoms with van der Waals surface area (Å²) in [4.78, 5) is 14.8. The summed E-state index contributed by atoms with van der Waals surface area (Å²) in [6, 6.07) is 7.57. The van der Waals surface area contributed by atoms with Crippen LogP contribution in [-0.2, 0) is 6.54 Å². The van der Waals surface area contributed by atoms with E-state index in [1.165, 1.54) is 11.3 Å². The maximum atomic E-state index is 11.9. The van der Waals surface area contributed by atoms with Gasteiger partial charge < -0.3 is 4.42 Å². The molecule has 0 radical (unpaired) electrons. The molecular formula is C13H15NO2S. The highest BCUT2D eigenvalue weighted by molar-refractivity contribution is 7.12. The molecular weight excluding hydrogens is 234 g/mol. The molecule has 0 spiro atoms. The summed E-state index contributed by atoms with van der Waals surface area (Å²) in [7, 11) is 0. The quantitative estimate of drug-likeness (QED) is 0.738. The highest BCUT2D eigenvalue weighted by Crippen LogP contribution is 2.11. The molecule has 0 amide bonds. The lowest BCUT2D eigenvalue weighted by atomic mass is 10.3. The van der Waals surface area contributed by atoms with Crippen LogP contribution in [0.3, 0.4) is 0 Å². The maximum absolute atomic E-state index is 11.9. The van der Waals surface area contributed by atoms with Crippen molar-refractivity contribution in [2.75, 3.05) is 13.1 Å². The van der Waals surface area contributed by atoms with Gasteiger partial charge in [-0.05, 0) is 30.1 Å². The van der Waals surface area contributed by atoms with Crippen LogP contribution < -0.4 is 0 Å². The Bertz CT molecular complexity index is 448. The molecule has 0 N–H and O–H groups in total. The number of carbonyl (C=O) groups is 1. The topological polar surface area (TPSA) is 33.5 Å². The van der Waals surface area contributed by atoms with Crippen LogP contribution in [0.1, 0.15) is 22.4 Å². The number of thiophene rings is 1. The number of Topliss-reactive ketones (excluding diaryl/α,β-unsaturated/α-hetero) is 1. The first kappa shape index (κ1) is 12.1. The van der Waals surface area contributed by atoms with E-state index in [0.29, 0.717) is 13.1 Å². The Hall–Kier alpha value is -1.39. The van der Waals surface area contributed by atoms with Gasteiger partial charge in [0, 0.05) is 0 Å². The summed E-state index contributed by atoms with van der Waals surface area (Å²) >= 11 is 1.49. The van der Waals surface area contributed by atoms with Gasteiger partial charge >= 0.3 is 0 Å². The molecule has 17 heavy (non-hydrogen) atoms. The number of carbonyl (C=O) groups excluding carboxylic acids is 1. The minimum atomic E-state index is 0.174. The first-order valence-corrected chi connectivity index (χ1v) is 6.49. The van der Waals surface area contributed by atoms with Gasteiger partial charge in [0.25, 0.3) is 0 Å². The molecule has 0 saturated heterocycles. The molecule has 2 rings (SSSR count). The number of furan rings is 1. The minimum Gasteiger partial charge on any atom is -0.468 e. The normalized spacial score (nSPS) is 10.9. The molecule has 4 heteroatoms. The molecule has 0 unspecified atom stereocenters. The van der Waals surface area contributed by atoms with E-state index in [-0.39, 0.29) is 5.78 Å². The van der Waals surface area contributed by atoms with Gasteiger partial charge in [-0.1, -0.05) is 13.0 Å². The van der Waals surface area contributed by atoms with E-state index in [9.17, 15) is 4.79 Å². The summed E-state index contributed by atoms with van der Waals surface area (Å²) in [5, 5.41) is 1.93. The molecule has 90 valence electrons. The van der Waals surface area contributed by atoms with E-state index >= 15 is 0 Å². The van der Waals surface area contributed by atoms with Crippen molar-refractivity contribution < 1.29 is 9.21 Å². The maximum Gasteiger partial charge on any atom is 0.186 e. The van der Waals surface area contributed by atoms with Crippen LogP contribution in [0.4, 0.5) is 0 Å². The molecule has 2 heterocycles. The Kier molecular flexibility index (Phi) is 4.12. The Labute approximate surface area is 105 Å². The Morgan fingerprint density at radius 3 is 2.88 bits per heavy atom. The van der Waals surface area contributed by atoms with E-state index in [1.54, 1.807) is 6.26 Å². The second-order valence-corrected chi connectivity index (χ2v) is 4.73. The number of ketones is 1. The van der Waals surface area contributed by atoms with Crippen LogP contribution in [0, 0.1) is 0 Å². The zero-order valence-electron chi connectivity index (χ0n) is 9.76. The van der Waals surface area contributed by atoms with Crippen molar-refractivity contribution in [3.05, 3.63) is 46.5 Å². The largest absolute Gasteiger partial charge is 0.468 e. The SMILES string of the molecule is CCN(CC(=O)c1cccs1)Cc1ccco1. The van der Waals surface area contributed by atoms with Crippen LogP contribution in [0.2, 0.25) is 0 Å². The minimum absolute atomic E-state index is 0.174. The van der Waals surface area contributed by atoms with Crippen molar-refractivity contribution in [1.29, 1.82) is 0 Å². The first-order chi connectivity index (χ1) is 8.29. The average molecular weight is 249 g/mol. The molecule has 0 aromatic carbocycles. The fourth-order valence-electron chi connectivity index (χ4n) is 1.62. The fourth-order valence-corrected chi connectivity index (χ4v) is 2.28.